The molecule has 16 heteroatoms. The summed E-state index contributed by atoms with van der Waals surface area (Å²) in [4.78, 5) is 27.5. The van der Waals surface area contributed by atoms with Crippen molar-refractivity contribution in [2.45, 2.75) is 18.9 Å². The number of aromatic amines is 1. The molecule has 4 rings (SSSR count). The number of carboxylic acid groups (broad SMARTS) is 2. The molecule has 0 spiro atoms. The van der Waals surface area contributed by atoms with E-state index in [9.17, 15) is 26.3 Å². The second-order valence-electron chi connectivity index (χ2n) is 8.06. The first kappa shape index (κ1) is 32.3. The van der Waals surface area contributed by atoms with Crippen molar-refractivity contribution < 1.29 is 55.6 Å². The number of morpholine rings is 1. The number of aromatic nitrogens is 2. The number of carboxylic acids is 2. The van der Waals surface area contributed by atoms with Crippen LogP contribution in [0.5, 0.6) is 11.5 Å². The van der Waals surface area contributed by atoms with Gasteiger partial charge in [-0.3, -0.25) is 4.90 Å². The first-order chi connectivity index (χ1) is 18.8. The molecule has 10 nitrogen and oxygen atoms in total. The summed E-state index contributed by atoms with van der Waals surface area (Å²) >= 11 is 0. The van der Waals surface area contributed by atoms with E-state index in [1.54, 1.807) is 6.33 Å². The molecule has 4 N–H and O–H groups in total. The Morgan fingerprint density at radius 1 is 0.950 bits per heavy atom. The largest absolute Gasteiger partial charge is 0.490 e. The number of hydrogen-bond donors (Lipinski definition) is 4. The normalized spacial score (nSPS) is 13.9. The third-order valence-corrected chi connectivity index (χ3v) is 5.07. The van der Waals surface area contributed by atoms with Gasteiger partial charge in [-0.2, -0.15) is 26.3 Å². The molecule has 1 fully saturated rings. The van der Waals surface area contributed by atoms with E-state index in [2.05, 4.69) is 32.3 Å². The predicted octanol–water partition coefficient (Wildman–Crippen LogP) is 4.04. The topological polar surface area (TPSA) is 137 Å². The summed E-state index contributed by atoms with van der Waals surface area (Å²) < 4.78 is 74.8. The number of hydrogen-bond acceptors (Lipinski definition) is 7. The molecular weight excluding hydrogens is 554 g/mol. The van der Waals surface area contributed by atoms with Gasteiger partial charge in [0.2, 0.25) is 0 Å². The fraction of sp³-hybridized carbons (Fsp3) is 0.375. The Morgan fingerprint density at radius 2 is 1.50 bits per heavy atom. The number of H-pyrrole nitrogens is 1. The Bertz CT molecular complexity index is 1190. The Morgan fingerprint density at radius 3 is 2.05 bits per heavy atom. The molecule has 2 aromatic carbocycles. The van der Waals surface area contributed by atoms with Gasteiger partial charge in [-0.1, -0.05) is 12.1 Å². The van der Waals surface area contributed by atoms with Crippen molar-refractivity contribution in [3.63, 3.8) is 0 Å². The highest BCUT2D eigenvalue weighted by Crippen LogP contribution is 2.24. The van der Waals surface area contributed by atoms with E-state index in [0.717, 1.165) is 68.5 Å². The third kappa shape index (κ3) is 11.9. The van der Waals surface area contributed by atoms with E-state index in [1.807, 2.05) is 30.3 Å². The van der Waals surface area contributed by atoms with Crippen LogP contribution in [0.2, 0.25) is 0 Å². The zero-order chi connectivity index (χ0) is 29.8. The Labute approximate surface area is 223 Å². The zero-order valence-corrected chi connectivity index (χ0v) is 20.8. The fourth-order valence-corrected chi connectivity index (χ4v) is 3.08. The van der Waals surface area contributed by atoms with E-state index in [-0.39, 0.29) is 0 Å². The van der Waals surface area contributed by atoms with Gasteiger partial charge in [-0.05, 0) is 29.8 Å². The van der Waals surface area contributed by atoms with Crippen molar-refractivity contribution in [2.75, 3.05) is 39.4 Å². The molecule has 0 saturated carbocycles. The molecule has 0 unspecified atom stereocenters. The number of benzene rings is 2. The second kappa shape index (κ2) is 15.0. The summed E-state index contributed by atoms with van der Waals surface area (Å²) in [6, 6.07) is 14.1. The highest BCUT2D eigenvalue weighted by molar-refractivity contribution is 5.76. The van der Waals surface area contributed by atoms with Crippen molar-refractivity contribution in [3.05, 3.63) is 54.4 Å². The SMILES string of the molecule is O=C(O)C(F)(F)F.O=C(O)C(F)(F)F.c1nc2ccc(Oc3ccc(CNCCN4CCOCC4)cc3)cc2[nH]1. The van der Waals surface area contributed by atoms with Gasteiger partial charge in [-0.25, -0.2) is 14.6 Å². The number of ether oxygens (including phenoxy) is 2. The van der Waals surface area contributed by atoms with Gasteiger partial charge in [0.15, 0.2) is 0 Å². The zero-order valence-electron chi connectivity index (χ0n) is 20.8. The van der Waals surface area contributed by atoms with E-state index < -0.39 is 24.3 Å². The number of rotatable bonds is 7. The molecule has 220 valence electrons. The number of imidazole rings is 1. The average molecular weight is 580 g/mol. The fourth-order valence-electron chi connectivity index (χ4n) is 3.08. The molecule has 2 heterocycles. The lowest BCUT2D eigenvalue weighted by Crippen LogP contribution is -2.40. The first-order valence-corrected chi connectivity index (χ1v) is 11.6. The van der Waals surface area contributed by atoms with Gasteiger partial charge in [0, 0.05) is 38.8 Å². The quantitative estimate of drug-likeness (QED) is 0.241. The lowest BCUT2D eigenvalue weighted by atomic mass is 10.2. The van der Waals surface area contributed by atoms with Crippen LogP contribution in [0.1, 0.15) is 5.56 Å². The second-order valence-corrected chi connectivity index (χ2v) is 8.06. The number of nitrogens with one attached hydrogen (secondary N) is 2. The maximum absolute atomic E-state index is 10.6. The molecular formula is C24H26F6N4O6. The van der Waals surface area contributed by atoms with E-state index in [1.165, 1.54) is 5.56 Å². The minimum absolute atomic E-state index is 0.804. The summed E-state index contributed by atoms with van der Waals surface area (Å²) in [7, 11) is 0. The van der Waals surface area contributed by atoms with Crippen molar-refractivity contribution in [1.29, 1.82) is 0 Å². The molecule has 1 aromatic heterocycles. The lowest BCUT2D eigenvalue weighted by molar-refractivity contribution is -0.193. The molecule has 1 saturated heterocycles. The van der Waals surface area contributed by atoms with Crippen molar-refractivity contribution in [2.24, 2.45) is 0 Å². The van der Waals surface area contributed by atoms with Crippen LogP contribution in [0, 0.1) is 0 Å². The Hall–Kier alpha value is -3.89. The predicted molar refractivity (Wildman–Crippen MR) is 129 cm³/mol. The Kier molecular flexibility index (Phi) is 12.2. The van der Waals surface area contributed by atoms with E-state index in [4.69, 9.17) is 29.3 Å². The standard InChI is InChI=1S/C20H24N4O2.2C2HF3O2/c1-3-17(26-18-5-6-19-20(13-18)23-15-22-19)4-2-16(1)14-21-7-8-24-9-11-25-12-10-24;2*3-2(4,5)1(6)7/h1-6,13,15,21H,7-12,14H2,(H,22,23);2*(H,6,7). The molecule has 0 aliphatic carbocycles. The van der Waals surface area contributed by atoms with Crippen LogP contribution in [0.15, 0.2) is 48.8 Å². The van der Waals surface area contributed by atoms with Gasteiger partial charge < -0.3 is 30.0 Å². The van der Waals surface area contributed by atoms with Crippen molar-refractivity contribution in [3.8, 4) is 11.5 Å². The highest BCUT2D eigenvalue weighted by atomic mass is 19.4. The molecule has 0 bridgehead atoms. The van der Waals surface area contributed by atoms with Gasteiger partial charge in [-0.15, -0.1) is 0 Å². The molecule has 1 aliphatic heterocycles. The Balaban J connectivity index is 0.000000333. The summed E-state index contributed by atoms with van der Waals surface area (Å²) in [5.41, 5.74) is 3.17. The molecule has 0 amide bonds. The van der Waals surface area contributed by atoms with Crippen molar-refractivity contribution in [1.82, 2.24) is 20.2 Å². The minimum atomic E-state index is -5.08. The summed E-state index contributed by atoms with van der Waals surface area (Å²) in [6.45, 7) is 6.72. The number of carbonyl (C=O) groups is 2. The number of aliphatic carboxylic acids is 2. The number of alkyl halides is 6. The van der Waals surface area contributed by atoms with Crippen LogP contribution >= 0.6 is 0 Å². The smallest absolute Gasteiger partial charge is 0.475 e. The summed E-state index contributed by atoms with van der Waals surface area (Å²) in [5, 5.41) is 17.8. The average Bonchev–Trinajstić information content (AvgIpc) is 3.36. The van der Waals surface area contributed by atoms with Gasteiger partial charge in [0.05, 0.1) is 30.6 Å². The molecule has 0 radical (unpaired) electrons. The molecule has 0 atom stereocenters. The van der Waals surface area contributed by atoms with Crippen LogP contribution < -0.4 is 10.1 Å². The third-order valence-electron chi connectivity index (χ3n) is 5.07. The van der Waals surface area contributed by atoms with Crippen LogP contribution in [-0.4, -0.2) is 88.8 Å². The maximum atomic E-state index is 10.6. The van der Waals surface area contributed by atoms with Crippen LogP contribution in [-0.2, 0) is 20.9 Å². The van der Waals surface area contributed by atoms with E-state index >= 15 is 0 Å². The first-order valence-electron chi connectivity index (χ1n) is 11.6. The summed E-state index contributed by atoms with van der Waals surface area (Å²) in [6.07, 6.45) is -8.48. The van der Waals surface area contributed by atoms with Crippen LogP contribution in [0.3, 0.4) is 0 Å². The van der Waals surface area contributed by atoms with Crippen LogP contribution in [0.25, 0.3) is 11.0 Å². The monoisotopic (exact) mass is 580 g/mol. The number of halogens is 6. The van der Waals surface area contributed by atoms with Gasteiger partial charge in [0.1, 0.15) is 11.5 Å². The maximum Gasteiger partial charge on any atom is 0.490 e. The summed E-state index contributed by atoms with van der Waals surface area (Å²) in [5.74, 6) is -3.88. The number of nitrogens with zero attached hydrogens (tertiary/aromatic N) is 2. The number of fused-ring (bicyclic) bond motifs is 1. The van der Waals surface area contributed by atoms with Crippen molar-refractivity contribution >= 4 is 23.0 Å². The van der Waals surface area contributed by atoms with E-state index in [0.29, 0.717) is 0 Å². The molecule has 1 aliphatic rings. The lowest BCUT2D eigenvalue weighted by Gasteiger charge is -2.26. The van der Waals surface area contributed by atoms with Gasteiger partial charge in [0.25, 0.3) is 0 Å². The minimum Gasteiger partial charge on any atom is -0.475 e. The van der Waals surface area contributed by atoms with Crippen LogP contribution in [0.4, 0.5) is 26.3 Å². The highest BCUT2D eigenvalue weighted by Gasteiger charge is 2.38. The molecule has 3 aromatic rings. The van der Waals surface area contributed by atoms with Gasteiger partial charge >= 0.3 is 24.3 Å². The molecule has 40 heavy (non-hydrogen) atoms.